The van der Waals surface area contributed by atoms with Crippen molar-refractivity contribution in [3.05, 3.63) is 46.6 Å². The number of esters is 1. The van der Waals surface area contributed by atoms with Crippen LogP contribution in [0.5, 0.6) is 5.88 Å². The third-order valence-corrected chi connectivity index (χ3v) is 3.59. The summed E-state index contributed by atoms with van der Waals surface area (Å²) in [5.41, 5.74) is 3.32. The molecule has 0 bridgehead atoms. The second-order valence-electron chi connectivity index (χ2n) is 5.74. The maximum Gasteiger partial charge on any atom is 0.338 e. The molecule has 0 saturated carbocycles. The van der Waals surface area contributed by atoms with E-state index in [4.69, 9.17) is 21.1 Å². The molecule has 23 heavy (non-hydrogen) atoms. The number of ether oxygens (including phenoxy) is 2. The van der Waals surface area contributed by atoms with E-state index in [1.165, 1.54) is 7.11 Å². The predicted molar refractivity (Wildman–Crippen MR) is 91.1 cm³/mol. The lowest BCUT2D eigenvalue weighted by molar-refractivity contribution is 0.0459. The zero-order valence-corrected chi connectivity index (χ0v) is 14.5. The third-order valence-electron chi connectivity index (χ3n) is 3.32. The van der Waals surface area contributed by atoms with Crippen LogP contribution >= 0.6 is 11.6 Å². The summed E-state index contributed by atoms with van der Waals surface area (Å²) in [5.74, 6) is 0.396. The molecule has 0 atom stereocenters. The SMILES string of the molecule is COc1ncc(-c2ccc(C(=O)OCC(C)C)cc2C)cc1Cl. The highest BCUT2D eigenvalue weighted by Gasteiger charge is 2.12. The Morgan fingerprint density at radius 2 is 2.04 bits per heavy atom. The Morgan fingerprint density at radius 1 is 1.30 bits per heavy atom. The second-order valence-corrected chi connectivity index (χ2v) is 6.14. The van der Waals surface area contributed by atoms with Crippen molar-refractivity contribution in [2.75, 3.05) is 13.7 Å². The van der Waals surface area contributed by atoms with Crippen molar-refractivity contribution < 1.29 is 14.3 Å². The number of halogens is 1. The van der Waals surface area contributed by atoms with Crippen molar-refractivity contribution in [1.29, 1.82) is 0 Å². The van der Waals surface area contributed by atoms with E-state index in [9.17, 15) is 4.79 Å². The summed E-state index contributed by atoms with van der Waals surface area (Å²) in [6, 6.07) is 7.24. The minimum Gasteiger partial charge on any atom is -0.480 e. The van der Waals surface area contributed by atoms with Gasteiger partial charge >= 0.3 is 5.97 Å². The van der Waals surface area contributed by atoms with Gasteiger partial charge < -0.3 is 9.47 Å². The molecule has 2 rings (SSSR count). The van der Waals surface area contributed by atoms with Gasteiger partial charge in [0.15, 0.2) is 0 Å². The number of pyridine rings is 1. The van der Waals surface area contributed by atoms with Gasteiger partial charge in [-0.1, -0.05) is 31.5 Å². The van der Waals surface area contributed by atoms with Gasteiger partial charge in [0.1, 0.15) is 5.02 Å². The van der Waals surface area contributed by atoms with Crippen LogP contribution in [0.3, 0.4) is 0 Å². The van der Waals surface area contributed by atoms with Gasteiger partial charge in [-0.15, -0.1) is 0 Å². The molecule has 0 unspecified atom stereocenters. The highest BCUT2D eigenvalue weighted by atomic mass is 35.5. The predicted octanol–water partition coefficient (Wildman–Crippen LogP) is 4.53. The number of carbonyl (C=O) groups excluding carboxylic acids is 1. The lowest BCUT2D eigenvalue weighted by Crippen LogP contribution is -2.10. The van der Waals surface area contributed by atoms with E-state index >= 15 is 0 Å². The lowest BCUT2D eigenvalue weighted by Gasteiger charge is -2.11. The Bertz CT molecular complexity index is 713. The minimum absolute atomic E-state index is 0.306. The van der Waals surface area contributed by atoms with E-state index in [0.29, 0.717) is 29.0 Å². The average Bonchev–Trinajstić information content (AvgIpc) is 2.52. The molecule has 0 amide bonds. The number of nitrogens with zero attached hydrogens (tertiary/aromatic N) is 1. The molecule has 1 aromatic carbocycles. The maximum atomic E-state index is 12.0. The van der Waals surface area contributed by atoms with Gasteiger partial charge in [0, 0.05) is 11.8 Å². The molecule has 1 aromatic heterocycles. The Hall–Kier alpha value is -2.07. The summed E-state index contributed by atoms with van der Waals surface area (Å²) in [4.78, 5) is 16.2. The Morgan fingerprint density at radius 3 is 2.61 bits per heavy atom. The van der Waals surface area contributed by atoms with Crippen LogP contribution in [0.2, 0.25) is 5.02 Å². The molecule has 0 N–H and O–H groups in total. The van der Waals surface area contributed by atoms with Crippen LogP contribution in [-0.2, 0) is 4.74 Å². The quantitative estimate of drug-likeness (QED) is 0.754. The summed E-state index contributed by atoms with van der Waals surface area (Å²) in [5, 5.41) is 0.449. The Balaban J connectivity index is 2.25. The molecule has 0 saturated heterocycles. The first-order valence-corrected chi connectivity index (χ1v) is 7.78. The van der Waals surface area contributed by atoms with E-state index < -0.39 is 0 Å². The van der Waals surface area contributed by atoms with Crippen molar-refractivity contribution in [2.45, 2.75) is 20.8 Å². The number of aryl methyl sites for hydroxylation is 1. The molecular formula is C18H20ClNO3. The molecule has 0 aliphatic heterocycles. The van der Waals surface area contributed by atoms with Crippen molar-refractivity contribution in [3.8, 4) is 17.0 Å². The highest BCUT2D eigenvalue weighted by Crippen LogP contribution is 2.30. The number of carbonyl (C=O) groups is 1. The molecule has 0 aliphatic rings. The average molecular weight is 334 g/mol. The first-order chi connectivity index (χ1) is 10.9. The fraction of sp³-hybridized carbons (Fsp3) is 0.333. The maximum absolute atomic E-state index is 12.0. The normalized spacial score (nSPS) is 10.7. The summed E-state index contributed by atoms with van der Waals surface area (Å²) < 4.78 is 10.3. The molecular weight excluding hydrogens is 314 g/mol. The molecule has 0 spiro atoms. The van der Waals surface area contributed by atoms with Crippen molar-refractivity contribution in [1.82, 2.24) is 4.98 Å². The van der Waals surface area contributed by atoms with Crippen LogP contribution in [0.1, 0.15) is 29.8 Å². The number of rotatable bonds is 5. The fourth-order valence-corrected chi connectivity index (χ4v) is 2.41. The van der Waals surface area contributed by atoms with Gasteiger partial charge in [-0.2, -0.15) is 0 Å². The number of benzene rings is 1. The van der Waals surface area contributed by atoms with E-state index in [2.05, 4.69) is 4.98 Å². The first kappa shape index (κ1) is 17.3. The van der Waals surface area contributed by atoms with Crippen LogP contribution in [0.4, 0.5) is 0 Å². The van der Waals surface area contributed by atoms with Crippen LogP contribution in [-0.4, -0.2) is 24.7 Å². The van der Waals surface area contributed by atoms with E-state index in [-0.39, 0.29) is 5.97 Å². The van der Waals surface area contributed by atoms with Gasteiger partial charge in [-0.3, -0.25) is 0 Å². The topological polar surface area (TPSA) is 48.4 Å². The van der Waals surface area contributed by atoms with Crippen LogP contribution in [0.25, 0.3) is 11.1 Å². The van der Waals surface area contributed by atoms with Crippen molar-refractivity contribution in [2.24, 2.45) is 5.92 Å². The smallest absolute Gasteiger partial charge is 0.338 e. The van der Waals surface area contributed by atoms with Gasteiger partial charge in [0.2, 0.25) is 5.88 Å². The fourth-order valence-electron chi connectivity index (χ4n) is 2.16. The zero-order valence-electron chi connectivity index (χ0n) is 13.7. The molecule has 0 aliphatic carbocycles. The van der Waals surface area contributed by atoms with Crippen molar-refractivity contribution >= 4 is 17.6 Å². The standard InChI is InChI=1S/C18H20ClNO3/c1-11(2)10-23-18(21)13-5-6-15(12(3)7-13)14-8-16(19)17(22-4)20-9-14/h5-9,11H,10H2,1-4H3. The number of hydrogen-bond donors (Lipinski definition) is 0. The Kier molecular flexibility index (Phi) is 5.61. The molecule has 2 aromatic rings. The molecule has 5 heteroatoms. The van der Waals surface area contributed by atoms with Gasteiger partial charge in [0.25, 0.3) is 0 Å². The summed E-state index contributed by atoms with van der Waals surface area (Å²) in [6.45, 7) is 6.36. The molecule has 1 heterocycles. The molecule has 4 nitrogen and oxygen atoms in total. The molecule has 0 fully saturated rings. The van der Waals surface area contributed by atoms with Gasteiger partial charge in [-0.05, 0) is 42.2 Å². The number of aromatic nitrogens is 1. The minimum atomic E-state index is -0.306. The van der Waals surface area contributed by atoms with Gasteiger partial charge in [0.05, 0.1) is 19.3 Å². The highest BCUT2D eigenvalue weighted by molar-refractivity contribution is 6.32. The summed E-state index contributed by atoms with van der Waals surface area (Å²) in [7, 11) is 1.52. The third kappa shape index (κ3) is 4.23. The van der Waals surface area contributed by atoms with Crippen LogP contribution in [0, 0.1) is 12.8 Å². The van der Waals surface area contributed by atoms with E-state index in [1.807, 2.05) is 32.9 Å². The van der Waals surface area contributed by atoms with Crippen LogP contribution in [0.15, 0.2) is 30.5 Å². The van der Waals surface area contributed by atoms with E-state index in [0.717, 1.165) is 16.7 Å². The first-order valence-electron chi connectivity index (χ1n) is 7.40. The molecule has 0 radical (unpaired) electrons. The van der Waals surface area contributed by atoms with Crippen molar-refractivity contribution in [3.63, 3.8) is 0 Å². The number of methoxy groups -OCH3 is 1. The largest absolute Gasteiger partial charge is 0.480 e. The molecule has 122 valence electrons. The summed E-state index contributed by atoms with van der Waals surface area (Å²) in [6.07, 6.45) is 1.70. The lowest BCUT2D eigenvalue weighted by atomic mass is 10.00. The second kappa shape index (κ2) is 7.47. The van der Waals surface area contributed by atoms with E-state index in [1.54, 1.807) is 18.3 Å². The van der Waals surface area contributed by atoms with Gasteiger partial charge in [-0.25, -0.2) is 9.78 Å². The monoisotopic (exact) mass is 333 g/mol. The van der Waals surface area contributed by atoms with Crippen LogP contribution < -0.4 is 4.74 Å². The summed E-state index contributed by atoms with van der Waals surface area (Å²) >= 11 is 6.12. The Labute approximate surface area is 141 Å². The number of hydrogen-bond acceptors (Lipinski definition) is 4. The zero-order chi connectivity index (χ0) is 17.0.